The van der Waals surface area contributed by atoms with Crippen molar-refractivity contribution in [1.82, 2.24) is 9.62 Å². The second kappa shape index (κ2) is 12.1. The monoisotopic (exact) mass is 632 g/mol. The Hall–Kier alpha value is -3.08. The maximum absolute atomic E-state index is 15.1. The van der Waals surface area contributed by atoms with Gasteiger partial charge in [0.15, 0.2) is 0 Å². The average molecular weight is 633 g/mol. The minimum Gasteiger partial charge on any atom is -0.493 e. The molecule has 228 valence electrons. The highest BCUT2D eigenvalue weighted by atomic mass is 35.5. The first kappa shape index (κ1) is 30.0. The molecule has 43 heavy (non-hydrogen) atoms. The summed E-state index contributed by atoms with van der Waals surface area (Å²) in [6.07, 6.45) is 4.32. The van der Waals surface area contributed by atoms with Gasteiger partial charge in [0.1, 0.15) is 23.2 Å². The number of halogens is 4. The van der Waals surface area contributed by atoms with Crippen LogP contribution in [-0.2, 0) is 10.0 Å². The fourth-order valence-corrected chi connectivity index (χ4v) is 7.33. The zero-order valence-corrected chi connectivity index (χ0v) is 24.9. The number of amides is 1. The van der Waals surface area contributed by atoms with Crippen molar-refractivity contribution in [1.29, 1.82) is 0 Å². The third-order valence-electron chi connectivity index (χ3n) is 8.49. The smallest absolute Gasteiger partial charge is 0.267 e. The molecule has 2 aliphatic carbocycles. The number of sulfonamides is 1. The van der Waals surface area contributed by atoms with E-state index in [0.29, 0.717) is 43.3 Å². The Labute approximate surface area is 254 Å². The van der Waals surface area contributed by atoms with Crippen LogP contribution < -0.4 is 9.46 Å². The van der Waals surface area contributed by atoms with Crippen LogP contribution in [0.5, 0.6) is 5.75 Å². The van der Waals surface area contributed by atoms with Gasteiger partial charge < -0.3 is 4.74 Å². The molecule has 1 N–H and O–H groups in total. The van der Waals surface area contributed by atoms with Crippen molar-refractivity contribution in [2.24, 2.45) is 5.92 Å². The van der Waals surface area contributed by atoms with Crippen molar-refractivity contribution in [3.8, 4) is 5.75 Å². The quantitative estimate of drug-likeness (QED) is 0.268. The molecule has 2 saturated carbocycles. The Morgan fingerprint density at radius 1 is 0.930 bits per heavy atom. The molecule has 1 amide bonds. The van der Waals surface area contributed by atoms with Crippen LogP contribution >= 0.6 is 11.6 Å². The van der Waals surface area contributed by atoms with Gasteiger partial charge in [-0.2, -0.15) is 0 Å². The molecule has 1 saturated heterocycles. The molecule has 1 unspecified atom stereocenters. The Morgan fingerprint density at radius 3 is 2.23 bits per heavy atom. The summed E-state index contributed by atoms with van der Waals surface area (Å²) >= 11 is 6.46. The summed E-state index contributed by atoms with van der Waals surface area (Å²) in [5.74, 6) is -1.86. The average Bonchev–Trinajstić information content (AvgIpc) is 3.87. The lowest BCUT2D eigenvalue weighted by atomic mass is 9.91. The lowest BCUT2D eigenvalue weighted by Gasteiger charge is -2.38. The number of carbonyl (C=O) groups is 1. The molecule has 0 bridgehead atoms. The maximum atomic E-state index is 15.1. The first-order chi connectivity index (χ1) is 20.6. The molecule has 1 aliphatic heterocycles. The largest absolute Gasteiger partial charge is 0.493 e. The van der Waals surface area contributed by atoms with Crippen LogP contribution in [0.2, 0.25) is 5.02 Å². The molecule has 1 heterocycles. The van der Waals surface area contributed by atoms with Gasteiger partial charge >= 0.3 is 0 Å². The summed E-state index contributed by atoms with van der Waals surface area (Å²) < 4.78 is 75.2. The van der Waals surface area contributed by atoms with Crippen molar-refractivity contribution in [3.05, 3.63) is 99.3 Å². The second-order valence-electron chi connectivity index (χ2n) is 11.7. The Balaban J connectivity index is 1.13. The van der Waals surface area contributed by atoms with Gasteiger partial charge in [-0.15, -0.1) is 0 Å². The molecule has 3 aromatic carbocycles. The summed E-state index contributed by atoms with van der Waals surface area (Å²) in [4.78, 5) is 14.9. The summed E-state index contributed by atoms with van der Waals surface area (Å²) in [7, 11) is -3.80. The molecule has 3 fully saturated rings. The number of nitrogens with zero attached hydrogens (tertiary/aromatic N) is 1. The standard InChI is InChI=1S/C32H32ClF3N2O4S/c33-28-15-23(35)7-10-25(28)31(21-3-5-22(34)6-4-21)38-13-11-19(12-14-38)18-42-30-17-29(36)27(16-26(30)20-1-2-20)32(39)37-43(40,41)24-8-9-24/h3-7,10,15-17,19-20,24,31H,1-2,8-9,11-14,18H2,(H,37,39). The van der Waals surface area contributed by atoms with Crippen molar-refractivity contribution in [2.75, 3.05) is 19.7 Å². The van der Waals surface area contributed by atoms with Crippen molar-refractivity contribution >= 4 is 27.5 Å². The zero-order valence-electron chi connectivity index (χ0n) is 23.4. The highest BCUT2D eigenvalue weighted by Gasteiger charge is 2.38. The van der Waals surface area contributed by atoms with Gasteiger partial charge in [0.25, 0.3) is 5.91 Å². The summed E-state index contributed by atoms with van der Waals surface area (Å²) in [5, 5.41) is -0.285. The van der Waals surface area contributed by atoms with Crippen LogP contribution in [-0.4, -0.2) is 44.2 Å². The number of carbonyl (C=O) groups excluding carboxylic acids is 1. The van der Waals surface area contributed by atoms with Crippen molar-refractivity contribution in [3.63, 3.8) is 0 Å². The van der Waals surface area contributed by atoms with Crippen LogP contribution in [0.4, 0.5) is 13.2 Å². The topological polar surface area (TPSA) is 75.7 Å². The van der Waals surface area contributed by atoms with E-state index in [1.54, 1.807) is 18.2 Å². The van der Waals surface area contributed by atoms with E-state index in [1.807, 2.05) is 4.72 Å². The zero-order chi connectivity index (χ0) is 30.3. The summed E-state index contributed by atoms with van der Waals surface area (Å²) in [6, 6.07) is 12.9. The number of nitrogens with one attached hydrogen (secondary N) is 1. The number of hydrogen-bond donors (Lipinski definition) is 1. The maximum Gasteiger partial charge on any atom is 0.267 e. The number of likely N-dealkylation sites (tertiary alicyclic amines) is 1. The molecule has 3 aliphatic rings. The normalized spacial score (nSPS) is 18.8. The molecule has 6 nitrogen and oxygen atoms in total. The minimum atomic E-state index is -3.80. The SMILES string of the molecule is O=C(NS(=O)(=O)C1CC1)c1cc(C2CC2)c(OCC2CCN(C(c3ccc(F)cc3)c3ccc(F)cc3Cl)CC2)cc1F. The van der Waals surface area contributed by atoms with Crippen LogP contribution in [0.1, 0.15) is 77.5 Å². The minimum absolute atomic E-state index is 0.140. The summed E-state index contributed by atoms with van der Waals surface area (Å²) in [6.45, 7) is 1.72. The molecule has 0 radical (unpaired) electrons. The van der Waals surface area contributed by atoms with Gasteiger partial charge in [-0.25, -0.2) is 26.3 Å². The van der Waals surface area contributed by atoms with E-state index in [4.69, 9.17) is 16.3 Å². The fraction of sp³-hybridized carbons (Fsp3) is 0.406. The fourth-order valence-electron chi connectivity index (χ4n) is 5.77. The predicted molar refractivity (Wildman–Crippen MR) is 157 cm³/mol. The lowest BCUT2D eigenvalue weighted by molar-refractivity contribution is 0.0977. The van der Waals surface area contributed by atoms with Gasteiger partial charge in [0.05, 0.1) is 23.5 Å². The van der Waals surface area contributed by atoms with E-state index in [0.717, 1.165) is 42.4 Å². The Bertz CT molecular complexity index is 1620. The molecular formula is C32H32ClF3N2O4S. The van der Waals surface area contributed by atoms with Crippen molar-refractivity contribution in [2.45, 2.75) is 55.7 Å². The van der Waals surface area contributed by atoms with Gasteiger partial charge in [-0.05, 0) is 110 Å². The van der Waals surface area contributed by atoms with E-state index >= 15 is 4.39 Å². The van der Waals surface area contributed by atoms with E-state index in [2.05, 4.69) is 4.90 Å². The predicted octanol–water partition coefficient (Wildman–Crippen LogP) is 6.74. The molecule has 11 heteroatoms. The first-order valence-electron chi connectivity index (χ1n) is 14.6. The Kier molecular flexibility index (Phi) is 8.45. The van der Waals surface area contributed by atoms with Crippen molar-refractivity contribution < 1.29 is 31.1 Å². The third-order valence-corrected chi connectivity index (χ3v) is 10.6. The van der Waals surface area contributed by atoms with Gasteiger partial charge in [-0.1, -0.05) is 29.8 Å². The number of piperidine rings is 1. The first-order valence-corrected chi connectivity index (χ1v) is 16.5. The van der Waals surface area contributed by atoms with Crippen LogP contribution in [0.3, 0.4) is 0 Å². The van der Waals surface area contributed by atoms with E-state index in [-0.39, 0.29) is 29.3 Å². The number of benzene rings is 3. The van der Waals surface area contributed by atoms with E-state index in [1.165, 1.54) is 36.4 Å². The van der Waals surface area contributed by atoms with Crippen LogP contribution in [0.25, 0.3) is 0 Å². The Morgan fingerprint density at radius 2 is 1.60 bits per heavy atom. The van der Waals surface area contributed by atoms with E-state index in [9.17, 15) is 22.0 Å². The highest BCUT2D eigenvalue weighted by molar-refractivity contribution is 7.91. The van der Waals surface area contributed by atoms with Crippen LogP contribution in [0, 0.1) is 23.4 Å². The molecule has 1 atom stereocenters. The van der Waals surface area contributed by atoms with Gasteiger partial charge in [0, 0.05) is 11.1 Å². The van der Waals surface area contributed by atoms with Gasteiger partial charge in [-0.3, -0.25) is 9.69 Å². The van der Waals surface area contributed by atoms with Gasteiger partial charge in [0.2, 0.25) is 10.0 Å². The van der Waals surface area contributed by atoms with E-state index < -0.39 is 32.8 Å². The summed E-state index contributed by atoms with van der Waals surface area (Å²) in [5.41, 5.74) is 2.01. The molecule has 6 rings (SSSR count). The molecular weight excluding hydrogens is 601 g/mol. The van der Waals surface area contributed by atoms with Crippen LogP contribution in [0.15, 0.2) is 54.6 Å². The lowest BCUT2D eigenvalue weighted by Crippen LogP contribution is -2.38. The molecule has 0 spiro atoms. The second-order valence-corrected chi connectivity index (χ2v) is 14.1. The highest BCUT2D eigenvalue weighted by Crippen LogP contribution is 2.45. The number of rotatable bonds is 10. The number of hydrogen-bond acceptors (Lipinski definition) is 5. The molecule has 3 aromatic rings. The molecule has 0 aromatic heterocycles. The number of ether oxygens (including phenoxy) is 1. The third kappa shape index (κ3) is 6.86.